The summed E-state index contributed by atoms with van der Waals surface area (Å²) < 4.78 is 41.4. The number of H-pyrrole nitrogens is 1. The molecule has 18 heteroatoms. The van der Waals surface area contributed by atoms with Gasteiger partial charge in [0, 0.05) is 0 Å². The average molecular weight is 902 g/mol. The summed E-state index contributed by atoms with van der Waals surface area (Å²) >= 11 is 0. The van der Waals surface area contributed by atoms with Gasteiger partial charge in [-0.2, -0.15) is 0 Å². The van der Waals surface area contributed by atoms with E-state index >= 15 is 0 Å². The molecule has 1 saturated heterocycles. The summed E-state index contributed by atoms with van der Waals surface area (Å²) in [6, 6.07) is 28.7. The maximum absolute atomic E-state index is 14.3. The fourth-order valence-corrected chi connectivity index (χ4v) is 11.7. The van der Waals surface area contributed by atoms with Gasteiger partial charge in [-0.15, -0.1) is 0 Å². The Bertz CT molecular complexity index is 2460. The van der Waals surface area contributed by atoms with Gasteiger partial charge in [0.15, 0.2) is 0 Å². The van der Waals surface area contributed by atoms with Crippen LogP contribution in [0, 0.1) is 17.0 Å². The zero-order valence-electron chi connectivity index (χ0n) is 37.1. The summed E-state index contributed by atoms with van der Waals surface area (Å²) in [6.07, 6.45) is -1.72. The predicted octanol–water partition coefficient (Wildman–Crippen LogP) is 6.77. The molecule has 0 spiro atoms. The Labute approximate surface area is 371 Å². The molecule has 64 heavy (non-hydrogen) atoms. The molecule has 17 nitrogen and oxygen atoms in total. The normalized spacial score (nSPS) is 18.1. The predicted molar refractivity (Wildman–Crippen MR) is 242 cm³/mol. The van der Waals surface area contributed by atoms with Crippen LogP contribution in [-0.4, -0.2) is 81.6 Å². The van der Waals surface area contributed by atoms with Gasteiger partial charge in [0.1, 0.15) is 0 Å². The van der Waals surface area contributed by atoms with Crippen LogP contribution in [0.5, 0.6) is 11.5 Å². The standard InChI is InChI=1S/C46H56N5O12P/c1-9-61-64(50(30(2)3)31(4)5,48-43(53)33-14-13-17-37(26-33)51(56)57)63-45(55)27-41(49-28-32(6)42(52)47-44(49)54)62-40(45)29-60-46(34-15-11-10-12-16-34,35-18-22-38(58-7)23-19-35)36-20-24-39(59-8)25-21-36/h10-26,28,30-31,40-41,55,64H,9,27,29H2,1-8H3,(H,48,53)(H,47,52,54)/t40-,41-,45+/m1/s1. The van der Waals surface area contributed by atoms with E-state index in [1.807, 2.05) is 111 Å². The van der Waals surface area contributed by atoms with Crippen molar-refractivity contribution in [2.45, 2.75) is 83.8 Å². The number of amides is 1. The Morgan fingerprint density at radius 3 is 2.06 bits per heavy atom. The molecule has 0 aliphatic carbocycles. The minimum atomic E-state index is -4.47. The van der Waals surface area contributed by atoms with Gasteiger partial charge < -0.3 is 0 Å². The number of nitro groups is 1. The summed E-state index contributed by atoms with van der Waals surface area (Å²) in [5, 5.41) is 28.0. The van der Waals surface area contributed by atoms with Crippen molar-refractivity contribution < 1.29 is 42.8 Å². The van der Waals surface area contributed by atoms with Crippen molar-refractivity contribution in [2.75, 3.05) is 27.4 Å². The van der Waals surface area contributed by atoms with Crippen LogP contribution in [0.15, 0.2) is 119 Å². The molecular weight excluding hydrogens is 846 g/mol. The fraction of sp³-hybridized carbons (Fsp3) is 0.370. The first-order valence-electron chi connectivity index (χ1n) is 20.9. The summed E-state index contributed by atoms with van der Waals surface area (Å²) in [5.74, 6) is -1.93. The topological polar surface area (TPSA) is 206 Å². The molecule has 0 radical (unpaired) electrons. The fourth-order valence-electron chi connectivity index (χ4n) is 8.21. The number of aliphatic hydroxyl groups is 1. The number of aromatic nitrogens is 2. The number of aryl methyl sites for hydroxylation is 1. The zero-order chi connectivity index (χ0) is 46.4. The van der Waals surface area contributed by atoms with E-state index in [0.29, 0.717) is 28.2 Å². The number of nitrogens with one attached hydrogen (secondary N) is 2. The number of non-ortho nitro benzene ring substituents is 1. The molecule has 1 aliphatic rings. The van der Waals surface area contributed by atoms with E-state index in [2.05, 4.69) is 10.1 Å². The Morgan fingerprint density at radius 1 is 0.953 bits per heavy atom. The van der Waals surface area contributed by atoms with E-state index in [9.17, 15) is 29.6 Å². The van der Waals surface area contributed by atoms with Crippen molar-refractivity contribution >= 4 is 19.6 Å². The molecule has 1 aromatic heterocycles. The van der Waals surface area contributed by atoms with Gasteiger partial charge in [-0.3, -0.25) is 0 Å². The summed E-state index contributed by atoms with van der Waals surface area (Å²) in [6.45, 7) is 10.4. The molecular formula is C46H56N5O12P. The van der Waals surface area contributed by atoms with Crippen molar-refractivity contribution in [1.29, 1.82) is 0 Å². The molecule has 6 rings (SSSR count). The molecule has 3 N–H and O–H groups in total. The number of carbonyl (C=O) groups is 1. The number of nitro benzene ring substituents is 1. The second-order valence-electron chi connectivity index (χ2n) is 15.9. The number of benzene rings is 4. The molecule has 1 amide bonds. The van der Waals surface area contributed by atoms with Crippen LogP contribution in [0.2, 0.25) is 0 Å². The van der Waals surface area contributed by atoms with Gasteiger partial charge in [0.05, 0.1) is 0 Å². The Hall–Kier alpha value is -5.78. The molecule has 342 valence electrons. The Balaban J connectivity index is 1.54. The van der Waals surface area contributed by atoms with Gasteiger partial charge in [-0.1, -0.05) is 0 Å². The Morgan fingerprint density at radius 2 is 1.53 bits per heavy atom. The molecule has 4 aromatic carbocycles. The van der Waals surface area contributed by atoms with E-state index in [-0.39, 0.29) is 35.5 Å². The van der Waals surface area contributed by atoms with Crippen LogP contribution < -0.4 is 25.8 Å². The number of nitrogens with zero attached hydrogens (tertiary/aromatic N) is 3. The quantitative estimate of drug-likeness (QED) is 0.0258. The molecule has 1 fully saturated rings. The minimum absolute atomic E-state index is 0.00352. The Kier molecular flexibility index (Phi) is 14.9. The third-order valence-electron chi connectivity index (χ3n) is 11.1. The number of carbonyl (C=O) groups excluding carboxylic acids is 1. The van der Waals surface area contributed by atoms with Gasteiger partial charge in [-0.25, -0.2) is 0 Å². The third kappa shape index (κ3) is 9.81. The van der Waals surface area contributed by atoms with E-state index in [4.69, 9.17) is 28.0 Å². The first-order valence-corrected chi connectivity index (χ1v) is 22.6. The van der Waals surface area contributed by atoms with Crippen molar-refractivity contribution in [2.24, 2.45) is 0 Å². The van der Waals surface area contributed by atoms with Crippen LogP contribution in [-0.2, 0) is 24.1 Å². The summed E-state index contributed by atoms with van der Waals surface area (Å²) in [7, 11) is -1.33. The van der Waals surface area contributed by atoms with Crippen molar-refractivity contribution in [1.82, 2.24) is 19.3 Å². The molecule has 0 unspecified atom stereocenters. The van der Waals surface area contributed by atoms with Gasteiger partial charge in [0.2, 0.25) is 0 Å². The SMILES string of the molecule is CCO[PH](NC(=O)c1cccc([N+](=O)[O-])c1)(O[C@@]1(O)C[C@H](n2cc(C)c(=O)[nH]c2=O)O[C@@H]1COC(c1ccccc1)(c1ccc(OC)cc1)c1ccc(OC)cc1)N(C(C)C)C(C)C. The summed E-state index contributed by atoms with van der Waals surface area (Å²) in [4.78, 5) is 53.7. The van der Waals surface area contributed by atoms with Crippen LogP contribution in [0.25, 0.3) is 0 Å². The van der Waals surface area contributed by atoms with Gasteiger partial charge in [-0.05, 0) is 0 Å². The third-order valence-corrected chi connectivity index (χ3v) is 14.6. The molecule has 2 heterocycles. The van der Waals surface area contributed by atoms with Crippen LogP contribution >= 0.6 is 8.02 Å². The first kappa shape index (κ1) is 47.7. The second kappa shape index (κ2) is 19.9. The van der Waals surface area contributed by atoms with E-state index in [1.54, 1.807) is 21.1 Å². The van der Waals surface area contributed by atoms with Crippen LogP contribution in [0.1, 0.15) is 79.9 Å². The number of methoxy groups -OCH3 is 2. The van der Waals surface area contributed by atoms with E-state index in [0.717, 1.165) is 10.6 Å². The van der Waals surface area contributed by atoms with Crippen molar-refractivity contribution in [3.8, 4) is 11.5 Å². The van der Waals surface area contributed by atoms with Crippen LogP contribution in [0.3, 0.4) is 0 Å². The first-order chi connectivity index (χ1) is 30.5. The molecule has 0 saturated carbocycles. The second-order valence-corrected chi connectivity index (χ2v) is 18.3. The number of hydrogen-bond acceptors (Lipinski definition) is 13. The van der Waals surface area contributed by atoms with E-state index in [1.165, 1.54) is 31.3 Å². The number of hydrogen-bond donors (Lipinski definition) is 3. The summed E-state index contributed by atoms with van der Waals surface area (Å²) in [5.41, 5.74) is -0.828. The number of ether oxygens (including phenoxy) is 4. The molecule has 3 atom stereocenters. The van der Waals surface area contributed by atoms with Gasteiger partial charge in [0.25, 0.3) is 0 Å². The van der Waals surface area contributed by atoms with E-state index < -0.39 is 66.8 Å². The van der Waals surface area contributed by atoms with Crippen molar-refractivity contribution in [3.63, 3.8) is 0 Å². The average Bonchev–Trinajstić information content (AvgIpc) is 3.60. The van der Waals surface area contributed by atoms with Gasteiger partial charge >= 0.3 is 373 Å². The van der Waals surface area contributed by atoms with Crippen molar-refractivity contribution in [3.05, 3.63) is 168 Å². The zero-order valence-corrected chi connectivity index (χ0v) is 38.1. The molecule has 5 aromatic rings. The molecule has 0 bridgehead atoms. The number of aromatic amines is 1. The monoisotopic (exact) mass is 901 g/mol. The molecule has 1 aliphatic heterocycles. The van der Waals surface area contributed by atoms with Crippen LogP contribution in [0.4, 0.5) is 5.69 Å². The maximum atomic E-state index is 14.3. The number of rotatable bonds is 19.